The quantitative estimate of drug-likeness (QED) is 0.759. The van der Waals surface area contributed by atoms with Crippen LogP contribution in [0.3, 0.4) is 0 Å². The second kappa shape index (κ2) is 6.87. The summed E-state index contributed by atoms with van der Waals surface area (Å²) in [5.74, 6) is 1.48. The minimum Gasteiger partial charge on any atom is -0.359 e. The van der Waals surface area contributed by atoms with E-state index in [2.05, 4.69) is 33.1 Å². The lowest BCUT2D eigenvalue weighted by molar-refractivity contribution is 0.0733. The van der Waals surface area contributed by atoms with E-state index in [1.54, 1.807) is 11.8 Å². The highest BCUT2D eigenvalue weighted by Gasteiger charge is 2.29. The largest absolute Gasteiger partial charge is 0.359 e. The number of para-hydroxylation sites is 1. The van der Waals surface area contributed by atoms with E-state index in [9.17, 15) is 4.79 Å². The topological polar surface area (TPSA) is 84.2 Å². The third kappa shape index (κ3) is 2.96. The highest BCUT2D eigenvalue weighted by atomic mass is 32.1. The average molecular weight is 369 g/mol. The summed E-state index contributed by atoms with van der Waals surface area (Å²) in [5, 5.41) is 11.5. The Morgan fingerprint density at radius 2 is 2.23 bits per heavy atom. The van der Waals surface area contributed by atoms with Crippen LogP contribution in [0.1, 0.15) is 39.2 Å². The number of carbonyl (C=O) groups is 1. The third-order valence-corrected chi connectivity index (χ3v) is 5.43. The lowest BCUT2D eigenvalue weighted by Gasteiger charge is -2.25. The molecule has 0 unspecified atom stereocenters. The molecule has 1 N–H and O–H groups in total. The number of carbonyl (C=O) groups excluding carboxylic acids is 1. The van der Waals surface area contributed by atoms with E-state index in [4.69, 9.17) is 4.52 Å². The molecule has 7 nitrogen and oxygen atoms in total. The van der Waals surface area contributed by atoms with Crippen molar-refractivity contribution in [2.45, 2.75) is 33.2 Å². The van der Waals surface area contributed by atoms with Crippen molar-refractivity contribution in [3.05, 3.63) is 51.7 Å². The number of hydrogen-bond donors (Lipinski definition) is 1. The zero-order valence-electron chi connectivity index (χ0n) is 14.7. The van der Waals surface area contributed by atoms with Gasteiger partial charge in [0.25, 0.3) is 5.91 Å². The first kappa shape index (κ1) is 16.7. The van der Waals surface area contributed by atoms with Crippen LogP contribution in [-0.4, -0.2) is 32.1 Å². The summed E-state index contributed by atoms with van der Waals surface area (Å²) in [4.78, 5) is 15.2. The molecule has 8 heteroatoms. The van der Waals surface area contributed by atoms with Crippen molar-refractivity contribution in [2.24, 2.45) is 0 Å². The van der Waals surface area contributed by atoms with Gasteiger partial charge < -0.3 is 14.7 Å². The minimum absolute atomic E-state index is 0.0377. The number of aryl methyl sites for hydroxylation is 2. The highest BCUT2D eigenvalue weighted by molar-refractivity contribution is 7.07. The Balaban J connectivity index is 1.58. The number of fused-ring (bicyclic) bond motifs is 1. The molecule has 1 amide bonds. The van der Waals surface area contributed by atoms with Gasteiger partial charge >= 0.3 is 0 Å². The Morgan fingerprint density at radius 3 is 3.00 bits per heavy atom. The van der Waals surface area contributed by atoms with Gasteiger partial charge in [-0.25, -0.2) is 0 Å². The Hall–Kier alpha value is -2.74. The molecule has 26 heavy (non-hydrogen) atoms. The van der Waals surface area contributed by atoms with Crippen LogP contribution in [0.25, 0.3) is 0 Å². The fourth-order valence-electron chi connectivity index (χ4n) is 3.13. The molecule has 0 fully saturated rings. The summed E-state index contributed by atoms with van der Waals surface area (Å²) in [6, 6.07) is 8.12. The van der Waals surface area contributed by atoms with Crippen molar-refractivity contribution in [1.29, 1.82) is 0 Å². The molecule has 4 rings (SSSR count). The number of rotatable bonds is 4. The maximum absolute atomic E-state index is 12.8. The van der Waals surface area contributed by atoms with Gasteiger partial charge in [0, 0.05) is 18.7 Å². The average Bonchev–Trinajstić information content (AvgIpc) is 3.27. The molecule has 2 aromatic heterocycles. The molecule has 0 radical (unpaired) electrons. The molecule has 0 saturated heterocycles. The van der Waals surface area contributed by atoms with E-state index in [1.807, 2.05) is 18.2 Å². The second-order valence-electron chi connectivity index (χ2n) is 6.23. The van der Waals surface area contributed by atoms with Crippen LogP contribution in [-0.2, 0) is 19.4 Å². The van der Waals surface area contributed by atoms with Gasteiger partial charge in [-0.05, 0) is 36.5 Å². The van der Waals surface area contributed by atoms with E-state index in [0.717, 1.165) is 35.0 Å². The zero-order valence-corrected chi connectivity index (χ0v) is 15.5. The van der Waals surface area contributed by atoms with Crippen molar-refractivity contribution in [3.63, 3.8) is 0 Å². The van der Waals surface area contributed by atoms with Crippen LogP contribution >= 0.6 is 11.5 Å². The minimum atomic E-state index is -0.0377. The molecule has 3 heterocycles. The van der Waals surface area contributed by atoms with Gasteiger partial charge in [-0.3, -0.25) is 4.79 Å². The molecule has 0 saturated carbocycles. The molecule has 134 valence electrons. The number of amides is 1. The fraction of sp³-hybridized carbons (Fsp3) is 0.333. The maximum atomic E-state index is 12.8. The lowest BCUT2D eigenvalue weighted by atomic mass is 10.1. The summed E-state index contributed by atoms with van der Waals surface area (Å²) in [6.45, 7) is 4.99. The number of nitrogens with zero attached hydrogens (tertiary/aromatic N) is 4. The monoisotopic (exact) mass is 369 g/mol. The SMILES string of the molecule is CCc1ccccc1Nc1noc2c1CN(C(=O)c1snnc1C)CC2. The van der Waals surface area contributed by atoms with Crippen molar-refractivity contribution >= 4 is 28.9 Å². The fourth-order valence-corrected chi connectivity index (χ4v) is 3.76. The van der Waals surface area contributed by atoms with Crippen LogP contribution in [0, 0.1) is 6.92 Å². The number of aromatic nitrogens is 3. The molecule has 0 aliphatic carbocycles. The smallest absolute Gasteiger partial charge is 0.267 e. The number of nitrogens with one attached hydrogen (secondary N) is 1. The molecule has 1 aromatic carbocycles. The van der Waals surface area contributed by atoms with Crippen LogP contribution in [0.15, 0.2) is 28.8 Å². The first-order chi connectivity index (χ1) is 12.7. The zero-order chi connectivity index (χ0) is 18.1. The van der Waals surface area contributed by atoms with E-state index >= 15 is 0 Å². The van der Waals surface area contributed by atoms with E-state index in [-0.39, 0.29) is 5.91 Å². The molecule has 0 atom stereocenters. The Bertz CT molecular complexity index is 949. The van der Waals surface area contributed by atoms with Crippen LogP contribution in [0.4, 0.5) is 11.5 Å². The second-order valence-corrected chi connectivity index (χ2v) is 6.99. The first-order valence-corrected chi connectivity index (χ1v) is 9.35. The summed E-state index contributed by atoms with van der Waals surface area (Å²) >= 11 is 1.14. The van der Waals surface area contributed by atoms with E-state index in [0.29, 0.717) is 35.9 Å². The molecule has 1 aliphatic rings. The van der Waals surface area contributed by atoms with Gasteiger partial charge in [-0.2, -0.15) is 0 Å². The standard InChI is InChI=1S/C18H19N5O2S/c1-3-12-6-4-5-7-14(12)19-17-13-10-23(9-8-15(13)25-21-17)18(24)16-11(2)20-22-26-16/h4-7H,3,8-10H2,1-2H3,(H,19,21). The number of anilines is 2. The summed E-state index contributed by atoms with van der Waals surface area (Å²) in [5.41, 5.74) is 3.83. The van der Waals surface area contributed by atoms with Crippen molar-refractivity contribution < 1.29 is 9.32 Å². The van der Waals surface area contributed by atoms with Crippen LogP contribution in [0.5, 0.6) is 0 Å². The van der Waals surface area contributed by atoms with Crippen LogP contribution < -0.4 is 5.32 Å². The summed E-state index contributed by atoms with van der Waals surface area (Å²) in [7, 11) is 0. The predicted octanol–water partition coefficient (Wildman–Crippen LogP) is 3.34. The first-order valence-electron chi connectivity index (χ1n) is 8.58. The molecular weight excluding hydrogens is 350 g/mol. The summed E-state index contributed by atoms with van der Waals surface area (Å²) in [6.07, 6.45) is 1.57. The van der Waals surface area contributed by atoms with Gasteiger partial charge in [0.15, 0.2) is 5.82 Å². The predicted molar refractivity (Wildman–Crippen MR) is 98.7 cm³/mol. The number of benzene rings is 1. The Kier molecular flexibility index (Phi) is 4.42. The highest BCUT2D eigenvalue weighted by Crippen LogP contribution is 2.30. The molecule has 1 aliphatic heterocycles. The Morgan fingerprint density at radius 1 is 1.38 bits per heavy atom. The van der Waals surface area contributed by atoms with E-state index < -0.39 is 0 Å². The van der Waals surface area contributed by atoms with Gasteiger partial charge in [-0.1, -0.05) is 34.8 Å². The van der Waals surface area contributed by atoms with Gasteiger partial charge in [0.1, 0.15) is 10.6 Å². The lowest BCUT2D eigenvalue weighted by Crippen LogP contribution is -2.35. The van der Waals surface area contributed by atoms with Gasteiger partial charge in [0.05, 0.1) is 17.8 Å². The number of hydrogen-bond acceptors (Lipinski definition) is 7. The normalized spacial score (nSPS) is 13.5. The Labute approximate surface area is 155 Å². The molecule has 0 bridgehead atoms. The molecule has 0 spiro atoms. The van der Waals surface area contributed by atoms with Gasteiger partial charge in [-0.15, -0.1) is 5.10 Å². The molecular formula is C18H19N5O2S. The summed E-state index contributed by atoms with van der Waals surface area (Å²) < 4.78 is 9.37. The van der Waals surface area contributed by atoms with E-state index in [1.165, 1.54) is 5.56 Å². The van der Waals surface area contributed by atoms with Crippen molar-refractivity contribution in [3.8, 4) is 0 Å². The van der Waals surface area contributed by atoms with Crippen molar-refractivity contribution in [2.75, 3.05) is 11.9 Å². The third-order valence-electron chi connectivity index (χ3n) is 4.61. The maximum Gasteiger partial charge on any atom is 0.267 e. The molecule has 3 aromatic rings. The van der Waals surface area contributed by atoms with Crippen LogP contribution in [0.2, 0.25) is 0 Å². The van der Waals surface area contributed by atoms with Gasteiger partial charge in [0.2, 0.25) is 0 Å². The van der Waals surface area contributed by atoms with Crippen molar-refractivity contribution in [1.82, 2.24) is 19.6 Å².